The van der Waals surface area contributed by atoms with Crippen molar-refractivity contribution >= 4 is 23.0 Å². The van der Waals surface area contributed by atoms with Gasteiger partial charge < -0.3 is 20.1 Å². The third-order valence-electron chi connectivity index (χ3n) is 3.17. The van der Waals surface area contributed by atoms with E-state index in [9.17, 15) is 5.11 Å². The summed E-state index contributed by atoms with van der Waals surface area (Å²) in [4.78, 5) is 1.97. The molecule has 0 radical (unpaired) electrons. The van der Waals surface area contributed by atoms with Crippen LogP contribution in [0.1, 0.15) is 5.56 Å². The molecule has 0 spiro atoms. The molecule has 0 saturated carbocycles. The molecule has 0 aromatic heterocycles. The van der Waals surface area contributed by atoms with Crippen LogP contribution in [0.3, 0.4) is 0 Å². The second-order valence-corrected chi connectivity index (χ2v) is 5.33. The Bertz CT molecular complexity index is 630. The number of aromatic hydroxyl groups is 1. The van der Waals surface area contributed by atoms with Gasteiger partial charge in [0.1, 0.15) is 0 Å². The zero-order valence-corrected chi connectivity index (χ0v) is 13.1. The van der Waals surface area contributed by atoms with Gasteiger partial charge in [-0.05, 0) is 35.9 Å². The van der Waals surface area contributed by atoms with E-state index in [4.69, 9.17) is 16.3 Å². The van der Waals surface area contributed by atoms with Crippen molar-refractivity contribution in [3.8, 4) is 11.5 Å². The third-order valence-corrected chi connectivity index (χ3v) is 3.47. The van der Waals surface area contributed by atoms with E-state index in [0.717, 1.165) is 16.9 Å². The zero-order chi connectivity index (χ0) is 15.4. The molecular formula is C16H19ClN2O2. The number of benzene rings is 2. The smallest absolute Gasteiger partial charge is 0.160 e. The van der Waals surface area contributed by atoms with Gasteiger partial charge in [0.2, 0.25) is 0 Å². The minimum absolute atomic E-state index is 0.139. The van der Waals surface area contributed by atoms with E-state index < -0.39 is 0 Å². The van der Waals surface area contributed by atoms with Gasteiger partial charge in [-0.15, -0.1) is 0 Å². The van der Waals surface area contributed by atoms with Crippen LogP contribution in [0.25, 0.3) is 0 Å². The zero-order valence-electron chi connectivity index (χ0n) is 12.4. The number of hydrogen-bond acceptors (Lipinski definition) is 4. The van der Waals surface area contributed by atoms with Gasteiger partial charge in [-0.3, -0.25) is 0 Å². The summed E-state index contributed by atoms with van der Waals surface area (Å²) in [6.07, 6.45) is 0. The molecule has 112 valence electrons. The van der Waals surface area contributed by atoms with Crippen molar-refractivity contribution in [3.05, 3.63) is 47.0 Å². The minimum atomic E-state index is 0.139. The number of phenols is 1. The van der Waals surface area contributed by atoms with Gasteiger partial charge in [-0.25, -0.2) is 0 Å². The first-order valence-corrected chi connectivity index (χ1v) is 6.95. The molecule has 0 atom stereocenters. The Morgan fingerprint density at radius 2 is 1.95 bits per heavy atom. The fourth-order valence-corrected chi connectivity index (χ4v) is 2.37. The van der Waals surface area contributed by atoms with E-state index in [1.807, 2.05) is 43.3 Å². The van der Waals surface area contributed by atoms with Crippen LogP contribution in [0.4, 0.5) is 11.4 Å². The summed E-state index contributed by atoms with van der Waals surface area (Å²) in [7, 11) is 5.44. The molecule has 0 aliphatic rings. The number of methoxy groups -OCH3 is 1. The van der Waals surface area contributed by atoms with Crippen LogP contribution in [-0.4, -0.2) is 26.3 Å². The average molecular weight is 307 g/mol. The van der Waals surface area contributed by atoms with E-state index in [2.05, 4.69) is 5.32 Å². The Morgan fingerprint density at radius 3 is 2.57 bits per heavy atom. The first-order chi connectivity index (χ1) is 10.0. The van der Waals surface area contributed by atoms with E-state index in [1.165, 1.54) is 7.11 Å². The maximum absolute atomic E-state index is 9.57. The molecule has 2 aromatic rings. The number of rotatable bonds is 5. The number of phenolic OH excluding ortho intramolecular Hbond substituents is 1. The van der Waals surface area contributed by atoms with Crippen LogP contribution < -0.4 is 15.0 Å². The van der Waals surface area contributed by atoms with Crippen LogP contribution in [0, 0.1) is 0 Å². The predicted molar refractivity (Wildman–Crippen MR) is 87.8 cm³/mol. The molecule has 2 rings (SSSR count). The molecule has 0 aliphatic carbocycles. The number of nitrogens with one attached hydrogen (secondary N) is 1. The number of nitrogens with zero attached hydrogens (tertiary/aromatic N) is 1. The minimum Gasteiger partial charge on any atom is -0.504 e. The monoisotopic (exact) mass is 306 g/mol. The highest BCUT2D eigenvalue weighted by Gasteiger charge is 2.05. The van der Waals surface area contributed by atoms with Gasteiger partial charge in [0.05, 0.1) is 17.8 Å². The van der Waals surface area contributed by atoms with Crippen molar-refractivity contribution in [2.75, 3.05) is 31.4 Å². The third kappa shape index (κ3) is 3.73. The normalized spacial score (nSPS) is 10.3. The molecule has 0 aliphatic heterocycles. The topological polar surface area (TPSA) is 44.7 Å². The van der Waals surface area contributed by atoms with Crippen molar-refractivity contribution in [1.29, 1.82) is 0 Å². The molecule has 0 fully saturated rings. The van der Waals surface area contributed by atoms with Gasteiger partial charge in [0.15, 0.2) is 11.5 Å². The fourth-order valence-electron chi connectivity index (χ4n) is 2.02. The lowest BCUT2D eigenvalue weighted by Gasteiger charge is -2.16. The molecular weight excluding hydrogens is 288 g/mol. The lowest BCUT2D eigenvalue weighted by atomic mass is 10.2. The van der Waals surface area contributed by atoms with E-state index in [1.54, 1.807) is 12.1 Å². The first-order valence-electron chi connectivity index (χ1n) is 6.58. The lowest BCUT2D eigenvalue weighted by molar-refractivity contribution is 0.373. The molecule has 0 saturated heterocycles. The molecule has 0 amide bonds. The second kappa shape index (κ2) is 6.59. The highest BCUT2D eigenvalue weighted by Crippen LogP contribution is 2.29. The second-order valence-electron chi connectivity index (χ2n) is 4.92. The van der Waals surface area contributed by atoms with E-state index >= 15 is 0 Å². The summed E-state index contributed by atoms with van der Waals surface area (Å²) in [5.74, 6) is 0.606. The summed E-state index contributed by atoms with van der Waals surface area (Å²) < 4.78 is 5.09. The van der Waals surface area contributed by atoms with Crippen molar-refractivity contribution in [1.82, 2.24) is 0 Å². The standard InChI is InChI=1S/C16H19ClN2O2/c1-19(2)14-6-5-12(9-13(14)17)18-10-11-4-7-15(20)16(8-11)21-3/h4-9,18,20H,10H2,1-3H3. The Hall–Kier alpha value is -2.07. The summed E-state index contributed by atoms with van der Waals surface area (Å²) >= 11 is 6.24. The van der Waals surface area contributed by atoms with Crippen molar-refractivity contribution < 1.29 is 9.84 Å². The molecule has 2 aromatic carbocycles. The Balaban J connectivity index is 2.08. The Morgan fingerprint density at radius 1 is 1.19 bits per heavy atom. The summed E-state index contributed by atoms with van der Waals surface area (Å²) in [5, 5.41) is 13.6. The fraction of sp³-hybridized carbons (Fsp3) is 0.250. The summed E-state index contributed by atoms with van der Waals surface area (Å²) in [6.45, 7) is 0.619. The van der Waals surface area contributed by atoms with Gasteiger partial charge in [0.25, 0.3) is 0 Å². The highest BCUT2D eigenvalue weighted by molar-refractivity contribution is 6.33. The molecule has 2 N–H and O–H groups in total. The largest absolute Gasteiger partial charge is 0.504 e. The molecule has 5 heteroatoms. The average Bonchev–Trinajstić information content (AvgIpc) is 2.46. The SMILES string of the molecule is COc1cc(CNc2ccc(N(C)C)c(Cl)c2)ccc1O. The van der Waals surface area contributed by atoms with Crippen LogP contribution >= 0.6 is 11.6 Å². The lowest BCUT2D eigenvalue weighted by Crippen LogP contribution is -2.09. The van der Waals surface area contributed by atoms with Gasteiger partial charge in [-0.1, -0.05) is 17.7 Å². The number of anilines is 2. The molecule has 4 nitrogen and oxygen atoms in total. The maximum Gasteiger partial charge on any atom is 0.160 e. The van der Waals surface area contributed by atoms with Crippen LogP contribution in [-0.2, 0) is 6.54 Å². The predicted octanol–water partition coefficient (Wildman–Crippen LogP) is 3.73. The highest BCUT2D eigenvalue weighted by atomic mass is 35.5. The Kier molecular flexibility index (Phi) is 4.81. The number of hydrogen-bond donors (Lipinski definition) is 2. The van der Waals surface area contributed by atoms with Crippen molar-refractivity contribution in [3.63, 3.8) is 0 Å². The van der Waals surface area contributed by atoms with Crippen molar-refractivity contribution in [2.24, 2.45) is 0 Å². The number of halogens is 1. The van der Waals surface area contributed by atoms with E-state index in [-0.39, 0.29) is 5.75 Å². The molecule has 0 unspecified atom stereocenters. The summed E-state index contributed by atoms with van der Waals surface area (Å²) in [5.41, 5.74) is 2.93. The summed E-state index contributed by atoms with van der Waals surface area (Å²) in [6, 6.07) is 11.1. The van der Waals surface area contributed by atoms with Crippen LogP contribution in [0.5, 0.6) is 11.5 Å². The van der Waals surface area contributed by atoms with Gasteiger partial charge >= 0.3 is 0 Å². The molecule has 0 bridgehead atoms. The number of ether oxygens (including phenoxy) is 1. The van der Waals surface area contributed by atoms with E-state index in [0.29, 0.717) is 17.3 Å². The van der Waals surface area contributed by atoms with Gasteiger partial charge in [-0.2, -0.15) is 0 Å². The van der Waals surface area contributed by atoms with Crippen molar-refractivity contribution in [2.45, 2.75) is 6.54 Å². The van der Waals surface area contributed by atoms with Crippen LogP contribution in [0.15, 0.2) is 36.4 Å². The maximum atomic E-state index is 9.57. The molecule has 0 heterocycles. The molecule has 21 heavy (non-hydrogen) atoms. The Labute approximate surface area is 129 Å². The quantitative estimate of drug-likeness (QED) is 0.883. The first kappa shape index (κ1) is 15.3. The van der Waals surface area contributed by atoms with Crippen LogP contribution in [0.2, 0.25) is 5.02 Å². The van der Waals surface area contributed by atoms with Gasteiger partial charge in [0, 0.05) is 26.3 Å².